The summed E-state index contributed by atoms with van der Waals surface area (Å²) in [4.78, 5) is 26.4. The van der Waals surface area contributed by atoms with Gasteiger partial charge in [-0.1, -0.05) is 67.1 Å². The fourth-order valence-electron chi connectivity index (χ4n) is 3.68. The van der Waals surface area contributed by atoms with E-state index in [2.05, 4.69) is 27.8 Å². The van der Waals surface area contributed by atoms with Gasteiger partial charge in [-0.05, 0) is 48.4 Å². The van der Waals surface area contributed by atoms with Crippen LogP contribution in [0, 0.1) is 0 Å². The molecular formula is C29H30N4O4S. The minimum Gasteiger partial charge on any atom is -0.497 e. The Bertz CT molecular complexity index is 1340. The molecule has 8 nitrogen and oxygen atoms in total. The number of methoxy groups -OCH3 is 1. The van der Waals surface area contributed by atoms with E-state index < -0.39 is 6.04 Å². The molecule has 1 heterocycles. The van der Waals surface area contributed by atoms with Crippen LogP contribution in [0.5, 0.6) is 11.5 Å². The second-order valence-electron chi connectivity index (χ2n) is 8.58. The molecule has 0 unspecified atom stereocenters. The molecule has 0 saturated carbocycles. The first-order valence-corrected chi connectivity index (χ1v) is 13.2. The smallest absolute Gasteiger partial charge is 0.251 e. The number of amides is 2. The Hall–Kier alpha value is -4.24. The van der Waals surface area contributed by atoms with Gasteiger partial charge >= 0.3 is 0 Å². The van der Waals surface area contributed by atoms with Gasteiger partial charge in [0, 0.05) is 17.5 Å². The Morgan fingerprint density at radius 1 is 0.947 bits per heavy atom. The minimum atomic E-state index is -0.824. The first-order valence-electron chi connectivity index (χ1n) is 12.4. The molecule has 0 fully saturated rings. The number of ether oxygens (including phenoxy) is 2. The molecule has 0 spiro atoms. The second kappa shape index (κ2) is 13.3. The standard InChI is InChI=1S/C29H30N4O4S/c1-3-4-17-37-23-15-13-21(14-16-23)26(34)30-25(18-20-9-6-5-7-10-20)27(35)31-29-33-32-28(38-29)22-11-8-12-24(19-22)36-2/h5-16,19,25H,3-4,17-18H2,1-2H3,(H,30,34)(H,31,33,35)/t25-/m0/s1. The van der Waals surface area contributed by atoms with Crippen LogP contribution in [0.2, 0.25) is 0 Å². The van der Waals surface area contributed by atoms with Crippen LogP contribution in [-0.4, -0.2) is 41.8 Å². The van der Waals surface area contributed by atoms with Gasteiger partial charge < -0.3 is 14.8 Å². The van der Waals surface area contributed by atoms with E-state index in [1.54, 1.807) is 31.4 Å². The zero-order valence-corrected chi connectivity index (χ0v) is 22.2. The topological polar surface area (TPSA) is 102 Å². The molecule has 0 radical (unpaired) electrons. The highest BCUT2D eigenvalue weighted by molar-refractivity contribution is 7.18. The summed E-state index contributed by atoms with van der Waals surface area (Å²) < 4.78 is 11.0. The van der Waals surface area contributed by atoms with E-state index in [9.17, 15) is 9.59 Å². The minimum absolute atomic E-state index is 0.318. The quantitative estimate of drug-likeness (QED) is 0.239. The zero-order valence-electron chi connectivity index (χ0n) is 21.3. The van der Waals surface area contributed by atoms with E-state index in [1.807, 2.05) is 54.6 Å². The Labute approximate surface area is 226 Å². The van der Waals surface area contributed by atoms with Crippen LogP contribution < -0.4 is 20.1 Å². The third kappa shape index (κ3) is 7.39. The summed E-state index contributed by atoms with van der Waals surface area (Å²) in [5.41, 5.74) is 2.19. The predicted octanol–water partition coefficient (Wildman–Crippen LogP) is 5.37. The maximum absolute atomic E-state index is 13.3. The first-order chi connectivity index (χ1) is 18.6. The van der Waals surface area contributed by atoms with Crippen LogP contribution in [0.4, 0.5) is 5.13 Å². The summed E-state index contributed by atoms with van der Waals surface area (Å²) in [6.45, 7) is 2.73. The molecule has 3 aromatic carbocycles. The summed E-state index contributed by atoms with van der Waals surface area (Å²) >= 11 is 1.25. The molecule has 0 aliphatic carbocycles. The third-order valence-corrected chi connectivity index (χ3v) is 6.65. The number of hydrogen-bond donors (Lipinski definition) is 2. The maximum Gasteiger partial charge on any atom is 0.251 e. The molecule has 0 bridgehead atoms. The van der Waals surface area contributed by atoms with Crippen molar-refractivity contribution in [1.29, 1.82) is 0 Å². The Morgan fingerprint density at radius 2 is 1.74 bits per heavy atom. The number of nitrogens with zero attached hydrogens (tertiary/aromatic N) is 2. The van der Waals surface area contributed by atoms with E-state index >= 15 is 0 Å². The summed E-state index contributed by atoms with van der Waals surface area (Å²) in [7, 11) is 1.60. The molecule has 0 aliphatic heterocycles. The largest absolute Gasteiger partial charge is 0.497 e. The zero-order chi connectivity index (χ0) is 26.7. The van der Waals surface area contributed by atoms with Gasteiger partial charge in [0.1, 0.15) is 22.5 Å². The van der Waals surface area contributed by atoms with E-state index in [-0.39, 0.29) is 11.8 Å². The van der Waals surface area contributed by atoms with E-state index in [1.165, 1.54) is 11.3 Å². The molecule has 0 aliphatic rings. The van der Waals surface area contributed by atoms with Gasteiger partial charge in [0.2, 0.25) is 11.0 Å². The Kier molecular flexibility index (Phi) is 9.42. The lowest BCUT2D eigenvalue weighted by molar-refractivity contribution is -0.118. The fourth-order valence-corrected chi connectivity index (χ4v) is 4.42. The van der Waals surface area contributed by atoms with E-state index in [0.717, 1.165) is 24.0 Å². The number of carbonyl (C=O) groups excluding carboxylic acids is 2. The van der Waals surface area contributed by atoms with Crippen molar-refractivity contribution in [1.82, 2.24) is 15.5 Å². The third-order valence-electron chi connectivity index (χ3n) is 5.76. The highest BCUT2D eigenvalue weighted by atomic mass is 32.1. The molecule has 1 aromatic heterocycles. The highest BCUT2D eigenvalue weighted by Crippen LogP contribution is 2.29. The van der Waals surface area contributed by atoms with Crippen LogP contribution in [0.1, 0.15) is 35.7 Å². The molecule has 1 atom stereocenters. The number of anilines is 1. The lowest BCUT2D eigenvalue weighted by Gasteiger charge is -2.18. The molecule has 4 rings (SSSR count). The van der Waals surface area contributed by atoms with Crippen molar-refractivity contribution >= 4 is 28.3 Å². The van der Waals surface area contributed by atoms with Gasteiger partial charge in [0.05, 0.1) is 13.7 Å². The normalized spacial score (nSPS) is 11.4. The number of rotatable bonds is 12. The van der Waals surface area contributed by atoms with E-state index in [4.69, 9.17) is 9.47 Å². The van der Waals surface area contributed by atoms with Crippen molar-refractivity contribution in [3.8, 4) is 22.1 Å². The van der Waals surface area contributed by atoms with Crippen molar-refractivity contribution in [2.24, 2.45) is 0 Å². The number of aromatic nitrogens is 2. The maximum atomic E-state index is 13.3. The monoisotopic (exact) mass is 530 g/mol. The lowest BCUT2D eigenvalue weighted by Crippen LogP contribution is -2.45. The number of nitrogens with one attached hydrogen (secondary N) is 2. The van der Waals surface area contributed by atoms with E-state index in [0.29, 0.717) is 40.2 Å². The Balaban J connectivity index is 1.46. The van der Waals surface area contributed by atoms with Crippen LogP contribution in [0.15, 0.2) is 78.9 Å². The van der Waals surface area contributed by atoms with Crippen molar-refractivity contribution in [2.45, 2.75) is 32.2 Å². The number of unbranched alkanes of at least 4 members (excludes halogenated alkanes) is 1. The molecule has 196 valence electrons. The summed E-state index contributed by atoms with van der Waals surface area (Å²) in [6, 6.07) is 23.1. The lowest BCUT2D eigenvalue weighted by atomic mass is 10.0. The molecule has 9 heteroatoms. The van der Waals surface area contributed by atoms with Gasteiger partial charge in [0.15, 0.2) is 0 Å². The highest BCUT2D eigenvalue weighted by Gasteiger charge is 2.23. The van der Waals surface area contributed by atoms with Crippen LogP contribution in [0.3, 0.4) is 0 Å². The van der Waals surface area contributed by atoms with Crippen molar-refractivity contribution in [3.63, 3.8) is 0 Å². The second-order valence-corrected chi connectivity index (χ2v) is 9.55. The van der Waals surface area contributed by atoms with Gasteiger partial charge in [0.25, 0.3) is 5.91 Å². The molecule has 0 saturated heterocycles. The Morgan fingerprint density at radius 3 is 2.47 bits per heavy atom. The summed E-state index contributed by atoms with van der Waals surface area (Å²) in [6.07, 6.45) is 2.33. The summed E-state index contributed by atoms with van der Waals surface area (Å²) in [5.74, 6) is 0.678. The van der Waals surface area contributed by atoms with Gasteiger partial charge in [-0.2, -0.15) is 0 Å². The van der Waals surface area contributed by atoms with Gasteiger partial charge in [-0.15, -0.1) is 10.2 Å². The average Bonchev–Trinajstić information content (AvgIpc) is 3.42. The SMILES string of the molecule is CCCCOc1ccc(C(=O)N[C@@H](Cc2ccccc2)C(=O)Nc2nnc(-c3cccc(OC)c3)s2)cc1. The van der Waals surface area contributed by atoms with Crippen molar-refractivity contribution in [3.05, 3.63) is 90.0 Å². The van der Waals surface area contributed by atoms with Crippen molar-refractivity contribution in [2.75, 3.05) is 19.0 Å². The molecule has 2 amide bonds. The predicted molar refractivity (Wildman–Crippen MR) is 149 cm³/mol. The molecule has 4 aromatic rings. The van der Waals surface area contributed by atoms with Gasteiger partial charge in [-0.25, -0.2) is 0 Å². The average molecular weight is 531 g/mol. The van der Waals surface area contributed by atoms with Gasteiger partial charge in [-0.3, -0.25) is 14.9 Å². The number of carbonyl (C=O) groups is 2. The first kappa shape index (κ1) is 26.8. The van der Waals surface area contributed by atoms with Crippen molar-refractivity contribution < 1.29 is 19.1 Å². The number of hydrogen-bond acceptors (Lipinski definition) is 7. The van der Waals surface area contributed by atoms with Crippen LogP contribution in [0.25, 0.3) is 10.6 Å². The molecule has 38 heavy (non-hydrogen) atoms. The molecule has 2 N–H and O–H groups in total. The fraction of sp³-hybridized carbons (Fsp3) is 0.241. The summed E-state index contributed by atoms with van der Waals surface area (Å²) in [5, 5.41) is 15.0. The molecular weight excluding hydrogens is 500 g/mol. The van der Waals surface area contributed by atoms with Crippen LogP contribution in [-0.2, 0) is 11.2 Å². The van der Waals surface area contributed by atoms with Crippen LogP contribution >= 0.6 is 11.3 Å². The number of benzene rings is 3.